The Morgan fingerprint density at radius 2 is 2.17 bits per heavy atom. The molecule has 0 unspecified atom stereocenters. The van der Waals surface area contributed by atoms with Crippen molar-refractivity contribution in [1.29, 1.82) is 5.26 Å². The second-order valence-corrected chi connectivity index (χ2v) is 4.22. The summed E-state index contributed by atoms with van der Waals surface area (Å²) >= 11 is 0. The van der Waals surface area contributed by atoms with Crippen molar-refractivity contribution < 1.29 is 4.74 Å². The van der Waals surface area contributed by atoms with Crippen LogP contribution in [0.3, 0.4) is 0 Å². The number of nitriles is 1. The summed E-state index contributed by atoms with van der Waals surface area (Å²) in [6, 6.07) is 9.91. The average molecular weight is 241 g/mol. The number of anilines is 1. The molecular weight excluding hydrogens is 226 g/mol. The van der Waals surface area contributed by atoms with Crippen LogP contribution in [0.5, 0.6) is 5.75 Å². The van der Waals surface area contributed by atoms with E-state index >= 15 is 0 Å². The van der Waals surface area contributed by atoms with Crippen LogP contribution < -0.4 is 9.64 Å². The summed E-state index contributed by atoms with van der Waals surface area (Å²) in [7, 11) is 5.58. The standard InChI is InChI=1S/C14H15N3O/c1-17(2)12-9-10(7-8-15)16-14-11(12)5-4-6-13(14)18-3/h4-6,9H,7H2,1-3H3. The van der Waals surface area contributed by atoms with Gasteiger partial charge in [0.25, 0.3) is 0 Å². The molecule has 0 atom stereocenters. The normalized spacial score (nSPS) is 10.1. The Labute approximate surface area is 106 Å². The topological polar surface area (TPSA) is 49.1 Å². The molecule has 1 aromatic heterocycles. The van der Waals surface area contributed by atoms with Gasteiger partial charge in [0, 0.05) is 25.2 Å². The molecule has 0 aliphatic heterocycles. The van der Waals surface area contributed by atoms with Crippen LogP contribution in [0.1, 0.15) is 5.69 Å². The highest BCUT2D eigenvalue weighted by molar-refractivity contribution is 5.95. The van der Waals surface area contributed by atoms with E-state index in [1.54, 1.807) is 7.11 Å². The fourth-order valence-corrected chi connectivity index (χ4v) is 1.96. The van der Waals surface area contributed by atoms with Gasteiger partial charge < -0.3 is 9.64 Å². The maximum Gasteiger partial charge on any atom is 0.145 e. The lowest BCUT2D eigenvalue weighted by atomic mass is 10.1. The summed E-state index contributed by atoms with van der Waals surface area (Å²) in [6.07, 6.45) is 0.300. The number of rotatable bonds is 3. The lowest BCUT2D eigenvalue weighted by Crippen LogP contribution is -2.10. The van der Waals surface area contributed by atoms with Crippen LogP contribution in [0.4, 0.5) is 5.69 Å². The zero-order valence-corrected chi connectivity index (χ0v) is 10.8. The molecule has 1 heterocycles. The van der Waals surface area contributed by atoms with Gasteiger partial charge in [0.1, 0.15) is 11.3 Å². The van der Waals surface area contributed by atoms with Gasteiger partial charge in [0.2, 0.25) is 0 Å². The molecule has 0 saturated heterocycles. The van der Waals surface area contributed by atoms with Gasteiger partial charge in [-0.05, 0) is 12.1 Å². The molecule has 2 rings (SSSR count). The lowest BCUT2D eigenvalue weighted by molar-refractivity contribution is 0.419. The first kappa shape index (κ1) is 12.2. The number of para-hydroxylation sites is 1. The number of benzene rings is 1. The van der Waals surface area contributed by atoms with Crippen LogP contribution in [0.2, 0.25) is 0 Å². The van der Waals surface area contributed by atoms with Crippen molar-refractivity contribution >= 4 is 16.6 Å². The van der Waals surface area contributed by atoms with Crippen LogP contribution >= 0.6 is 0 Å². The fraction of sp³-hybridized carbons (Fsp3) is 0.286. The highest BCUT2D eigenvalue weighted by atomic mass is 16.5. The summed E-state index contributed by atoms with van der Waals surface area (Å²) in [5.74, 6) is 0.732. The molecule has 0 aliphatic carbocycles. The largest absolute Gasteiger partial charge is 0.494 e. The zero-order valence-electron chi connectivity index (χ0n) is 10.8. The average Bonchev–Trinajstić information content (AvgIpc) is 2.37. The number of ether oxygens (including phenoxy) is 1. The van der Waals surface area contributed by atoms with E-state index in [9.17, 15) is 0 Å². The summed E-state index contributed by atoms with van der Waals surface area (Å²) in [5.41, 5.74) is 2.61. The number of aromatic nitrogens is 1. The second-order valence-electron chi connectivity index (χ2n) is 4.22. The minimum absolute atomic E-state index is 0.300. The van der Waals surface area contributed by atoms with Crippen molar-refractivity contribution in [3.05, 3.63) is 30.0 Å². The third kappa shape index (κ3) is 2.07. The summed E-state index contributed by atoms with van der Waals surface area (Å²) in [4.78, 5) is 6.52. The predicted octanol–water partition coefficient (Wildman–Crippen LogP) is 2.38. The van der Waals surface area contributed by atoms with E-state index in [1.807, 2.05) is 43.3 Å². The number of methoxy groups -OCH3 is 1. The van der Waals surface area contributed by atoms with Gasteiger partial charge in [0.15, 0.2) is 0 Å². The minimum atomic E-state index is 0.300. The third-order valence-electron chi connectivity index (χ3n) is 2.80. The maximum absolute atomic E-state index is 8.81. The molecule has 0 spiro atoms. The molecule has 4 nitrogen and oxygen atoms in total. The van der Waals surface area contributed by atoms with Crippen LogP contribution in [0.15, 0.2) is 24.3 Å². The molecule has 2 aromatic rings. The molecule has 0 bridgehead atoms. The Morgan fingerprint density at radius 1 is 1.39 bits per heavy atom. The molecule has 1 aromatic carbocycles. The maximum atomic E-state index is 8.81. The van der Waals surface area contributed by atoms with Gasteiger partial charge in [-0.15, -0.1) is 0 Å². The van der Waals surface area contributed by atoms with E-state index in [1.165, 1.54) is 0 Å². The van der Waals surface area contributed by atoms with Crippen molar-refractivity contribution in [2.45, 2.75) is 6.42 Å². The molecule has 0 radical (unpaired) electrons. The number of nitrogens with zero attached hydrogens (tertiary/aromatic N) is 3. The Bertz CT molecular complexity index is 614. The predicted molar refractivity (Wildman–Crippen MR) is 71.9 cm³/mol. The number of pyridine rings is 1. The smallest absolute Gasteiger partial charge is 0.145 e. The number of hydrogen-bond acceptors (Lipinski definition) is 4. The molecule has 4 heteroatoms. The molecule has 0 amide bonds. The Hall–Kier alpha value is -2.28. The van der Waals surface area contributed by atoms with Gasteiger partial charge in [-0.1, -0.05) is 12.1 Å². The van der Waals surface area contributed by atoms with Gasteiger partial charge in [-0.2, -0.15) is 5.26 Å². The Kier molecular flexibility index (Phi) is 3.33. The molecule has 0 aliphatic rings. The first-order valence-corrected chi connectivity index (χ1v) is 5.68. The van der Waals surface area contributed by atoms with E-state index in [0.717, 1.165) is 28.0 Å². The van der Waals surface area contributed by atoms with Crippen LogP contribution in [-0.2, 0) is 6.42 Å². The summed E-state index contributed by atoms with van der Waals surface area (Å²) in [6.45, 7) is 0. The van der Waals surface area contributed by atoms with E-state index in [0.29, 0.717) is 6.42 Å². The van der Waals surface area contributed by atoms with Crippen molar-refractivity contribution in [2.24, 2.45) is 0 Å². The molecule has 0 fully saturated rings. The van der Waals surface area contributed by atoms with Crippen LogP contribution in [0.25, 0.3) is 10.9 Å². The van der Waals surface area contributed by atoms with Gasteiger partial charge in [-0.3, -0.25) is 0 Å². The molecule has 0 N–H and O–H groups in total. The monoisotopic (exact) mass is 241 g/mol. The van der Waals surface area contributed by atoms with Gasteiger partial charge >= 0.3 is 0 Å². The van der Waals surface area contributed by atoms with Crippen molar-refractivity contribution in [1.82, 2.24) is 4.98 Å². The first-order valence-electron chi connectivity index (χ1n) is 5.68. The zero-order chi connectivity index (χ0) is 13.1. The highest BCUT2D eigenvalue weighted by Crippen LogP contribution is 2.31. The van der Waals surface area contributed by atoms with Gasteiger partial charge in [0.05, 0.1) is 25.3 Å². The van der Waals surface area contributed by atoms with Gasteiger partial charge in [-0.25, -0.2) is 4.98 Å². The molecule has 18 heavy (non-hydrogen) atoms. The van der Waals surface area contributed by atoms with Crippen LogP contribution in [0, 0.1) is 11.3 Å². The quantitative estimate of drug-likeness (QED) is 0.827. The van der Waals surface area contributed by atoms with E-state index in [-0.39, 0.29) is 0 Å². The molecule has 92 valence electrons. The van der Waals surface area contributed by atoms with Crippen molar-refractivity contribution in [3.8, 4) is 11.8 Å². The van der Waals surface area contributed by atoms with Crippen molar-refractivity contribution in [3.63, 3.8) is 0 Å². The molecule has 0 saturated carbocycles. The molecular formula is C14H15N3O. The lowest BCUT2D eigenvalue weighted by Gasteiger charge is -2.17. The Morgan fingerprint density at radius 3 is 2.78 bits per heavy atom. The van der Waals surface area contributed by atoms with Crippen LogP contribution in [-0.4, -0.2) is 26.2 Å². The van der Waals surface area contributed by atoms with E-state index in [4.69, 9.17) is 10.00 Å². The highest BCUT2D eigenvalue weighted by Gasteiger charge is 2.10. The summed E-state index contributed by atoms with van der Waals surface area (Å²) in [5, 5.41) is 9.84. The Balaban J connectivity index is 2.77. The fourth-order valence-electron chi connectivity index (χ4n) is 1.96. The third-order valence-corrected chi connectivity index (χ3v) is 2.80. The number of fused-ring (bicyclic) bond motifs is 1. The first-order chi connectivity index (χ1) is 8.67. The summed E-state index contributed by atoms with van der Waals surface area (Å²) < 4.78 is 5.33. The van der Waals surface area contributed by atoms with E-state index < -0.39 is 0 Å². The SMILES string of the molecule is COc1cccc2c(N(C)C)cc(CC#N)nc12. The minimum Gasteiger partial charge on any atom is -0.494 e. The van der Waals surface area contributed by atoms with Crippen molar-refractivity contribution in [2.75, 3.05) is 26.1 Å². The number of hydrogen-bond donors (Lipinski definition) is 0. The van der Waals surface area contributed by atoms with E-state index in [2.05, 4.69) is 11.1 Å². The second kappa shape index (κ2) is 4.92.